The number of halogens is 1. The highest BCUT2D eigenvalue weighted by Gasteiger charge is 2.16. The highest BCUT2D eigenvalue weighted by Crippen LogP contribution is 2.34. The highest BCUT2D eigenvalue weighted by atomic mass is 35.5. The minimum absolute atomic E-state index is 0.173. The third kappa shape index (κ3) is 6.64. The second-order valence-electron chi connectivity index (χ2n) is 8.96. The molecule has 4 rings (SSSR count). The Morgan fingerprint density at radius 3 is 2.34 bits per heavy atom. The van der Waals surface area contributed by atoms with Gasteiger partial charge in [0.1, 0.15) is 23.9 Å². The minimum Gasteiger partial charge on any atom is -0.497 e. The number of rotatable bonds is 11. The molecular weight excluding hydrogens is 502 g/mol. The van der Waals surface area contributed by atoms with E-state index in [9.17, 15) is 9.90 Å². The fourth-order valence-corrected chi connectivity index (χ4v) is 4.26. The number of benzene rings is 3. The minimum atomic E-state index is -1.01. The topological polar surface area (TPSA) is 77.9 Å². The lowest BCUT2D eigenvalue weighted by atomic mass is 10.0. The van der Waals surface area contributed by atoms with Crippen LogP contribution in [0.1, 0.15) is 39.2 Å². The molecule has 0 saturated heterocycles. The Morgan fingerprint density at radius 1 is 0.921 bits per heavy atom. The molecule has 1 heterocycles. The molecule has 0 amide bonds. The molecule has 0 aliphatic carbocycles. The molecule has 0 bridgehead atoms. The molecule has 1 N–H and O–H groups in total. The molecule has 0 fully saturated rings. The molecule has 7 heteroatoms. The number of hydrogen-bond donors (Lipinski definition) is 1. The van der Waals surface area contributed by atoms with Gasteiger partial charge in [0.2, 0.25) is 0 Å². The van der Waals surface area contributed by atoms with Crippen molar-refractivity contribution in [3.05, 3.63) is 106 Å². The lowest BCUT2D eigenvalue weighted by molar-refractivity contribution is 0.0695. The SMILES string of the molecule is COc1ccc(-c2ccc(C(=O)O)c(CCCOc3cc(C)c(Cl)c(C)c3)n2)c(OCc2ccccc2)c1. The zero-order chi connectivity index (χ0) is 27.1. The van der Waals surface area contributed by atoms with E-state index >= 15 is 0 Å². The summed E-state index contributed by atoms with van der Waals surface area (Å²) in [5, 5.41) is 10.5. The molecule has 196 valence electrons. The van der Waals surface area contributed by atoms with Gasteiger partial charge in [-0.05, 0) is 79.8 Å². The van der Waals surface area contributed by atoms with Gasteiger partial charge in [-0.1, -0.05) is 41.9 Å². The van der Waals surface area contributed by atoms with Crippen LogP contribution in [0.5, 0.6) is 17.2 Å². The predicted octanol–water partition coefficient (Wildman–Crippen LogP) is 7.32. The van der Waals surface area contributed by atoms with Gasteiger partial charge in [0, 0.05) is 16.7 Å². The van der Waals surface area contributed by atoms with Gasteiger partial charge in [-0.15, -0.1) is 0 Å². The normalized spacial score (nSPS) is 10.7. The molecular formula is C31H30ClNO5. The molecule has 0 radical (unpaired) electrons. The number of aromatic carboxylic acids is 1. The van der Waals surface area contributed by atoms with Crippen LogP contribution in [0, 0.1) is 13.8 Å². The monoisotopic (exact) mass is 531 g/mol. The first-order valence-electron chi connectivity index (χ1n) is 12.3. The summed E-state index contributed by atoms with van der Waals surface area (Å²) >= 11 is 6.25. The van der Waals surface area contributed by atoms with E-state index < -0.39 is 5.97 Å². The maximum atomic E-state index is 11.9. The van der Waals surface area contributed by atoms with Crippen molar-refractivity contribution in [3.63, 3.8) is 0 Å². The molecule has 6 nitrogen and oxygen atoms in total. The largest absolute Gasteiger partial charge is 0.497 e. The summed E-state index contributed by atoms with van der Waals surface area (Å²) in [6.07, 6.45) is 1.04. The van der Waals surface area contributed by atoms with Crippen LogP contribution in [0.15, 0.2) is 72.8 Å². The second-order valence-corrected chi connectivity index (χ2v) is 9.33. The number of aryl methyl sites for hydroxylation is 3. The number of aromatic nitrogens is 1. The van der Waals surface area contributed by atoms with E-state index in [0.717, 1.165) is 33.0 Å². The van der Waals surface area contributed by atoms with Crippen LogP contribution in [0.2, 0.25) is 5.02 Å². The molecule has 0 spiro atoms. The van der Waals surface area contributed by atoms with Crippen molar-refractivity contribution in [2.45, 2.75) is 33.3 Å². The van der Waals surface area contributed by atoms with Gasteiger partial charge >= 0.3 is 5.97 Å². The molecule has 1 aromatic heterocycles. The molecule has 0 aliphatic rings. The molecule has 0 unspecified atom stereocenters. The fraction of sp³-hybridized carbons (Fsp3) is 0.226. The Kier molecular flexibility index (Phi) is 8.87. The quantitative estimate of drug-likeness (QED) is 0.204. The molecule has 3 aromatic carbocycles. The first-order chi connectivity index (χ1) is 18.4. The van der Waals surface area contributed by atoms with Gasteiger partial charge in [0.25, 0.3) is 0 Å². The van der Waals surface area contributed by atoms with Gasteiger partial charge < -0.3 is 19.3 Å². The summed E-state index contributed by atoms with van der Waals surface area (Å²) in [6.45, 7) is 4.67. The van der Waals surface area contributed by atoms with Crippen LogP contribution in [-0.4, -0.2) is 29.8 Å². The summed E-state index contributed by atoms with van der Waals surface area (Å²) in [7, 11) is 1.60. The lowest BCUT2D eigenvalue weighted by Crippen LogP contribution is -2.08. The lowest BCUT2D eigenvalue weighted by Gasteiger charge is -2.15. The third-order valence-corrected chi connectivity index (χ3v) is 6.74. The number of carboxylic acid groups (broad SMARTS) is 1. The predicted molar refractivity (Wildman–Crippen MR) is 149 cm³/mol. The first kappa shape index (κ1) is 27.0. The fourth-order valence-electron chi connectivity index (χ4n) is 4.15. The Balaban J connectivity index is 1.54. The van der Waals surface area contributed by atoms with E-state index in [1.807, 2.05) is 74.5 Å². The Hall–Kier alpha value is -4.03. The van der Waals surface area contributed by atoms with Gasteiger partial charge in [-0.3, -0.25) is 4.98 Å². The molecule has 0 aliphatic heterocycles. The van der Waals surface area contributed by atoms with Crippen molar-refractivity contribution in [3.8, 4) is 28.5 Å². The maximum absolute atomic E-state index is 11.9. The Morgan fingerprint density at radius 2 is 1.66 bits per heavy atom. The highest BCUT2D eigenvalue weighted by molar-refractivity contribution is 6.32. The van der Waals surface area contributed by atoms with Crippen LogP contribution >= 0.6 is 11.6 Å². The van der Waals surface area contributed by atoms with E-state index in [2.05, 4.69) is 0 Å². The van der Waals surface area contributed by atoms with Gasteiger partial charge in [0.05, 0.1) is 30.7 Å². The van der Waals surface area contributed by atoms with Gasteiger partial charge in [-0.2, -0.15) is 0 Å². The van der Waals surface area contributed by atoms with Crippen LogP contribution in [-0.2, 0) is 13.0 Å². The standard InChI is InChI=1S/C31H30ClNO5/c1-20-16-24(17-21(2)30(20)32)37-15-7-10-27-26(31(34)35)13-14-28(33-27)25-12-11-23(36-3)18-29(25)38-19-22-8-5-4-6-9-22/h4-6,8-9,11-14,16-18H,7,10,15,19H2,1-3H3,(H,34,35). The van der Waals surface area contributed by atoms with Gasteiger partial charge in [0.15, 0.2) is 0 Å². The molecule has 4 aromatic rings. The van der Waals surface area contributed by atoms with E-state index in [1.54, 1.807) is 19.2 Å². The summed E-state index contributed by atoms with van der Waals surface area (Å²) in [5.41, 5.74) is 4.98. The van der Waals surface area contributed by atoms with Crippen molar-refractivity contribution in [1.82, 2.24) is 4.98 Å². The van der Waals surface area contributed by atoms with E-state index in [4.69, 9.17) is 30.8 Å². The summed E-state index contributed by atoms with van der Waals surface area (Å²) < 4.78 is 17.5. The summed E-state index contributed by atoms with van der Waals surface area (Å²) in [5.74, 6) is 0.984. The van der Waals surface area contributed by atoms with E-state index in [-0.39, 0.29) is 5.56 Å². The number of carboxylic acids is 1. The summed E-state index contributed by atoms with van der Waals surface area (Å²) in [6, 6.07) is 22.5. The van der Waals surface area contributed by atoms with Crippen molar-refractivity contribution >= 4 is 17.6 Å². The van der Waals surface area contributed by atoms with Crippen molar-refractivity contribution in [2.75, 3.05) is 13.7 Å². The number of methoxy groups -OCH3 is 1. The summed E-state index contributed by atoms with van der Waals surface area (Å²) in [4.78, 5) is 16.7. The number of carbonyl (C=O) groups is 1. The molecule has 0 atom stereocenters. The molecule has 0 saturated carbocycles. The van der Waals surface area contributed by atoms with Crippen molar-refractivity contribution in [2.24, 2.45) is 0 Å². The number of hydrogen-bond acceptors (Lipinski definition) is 5. The third-order valence-electron chi connectivity index (χ3n) is 6.14. The van der Waals surface area contributed by atoms with Crippen molar-refractivity contribution < 1.29 is 24.1 Å². The average Bonchev–Trinajstić information content (AvgIpc) is 2.93. The second kappa shape index (κ2) is 12.5. The molecule has 38 heavy (non-hydrogen) atoms. The maximum Gasteiger partial charge on any atom is 0.337 e. The van der Waals surface area contributed by atoms with Gasteiger partial charge in [-0.25, -0.2) is 4.79 Å². The van der Waals surface area contributed by atoms with Crippen molar-refractivity contribution in [1.29, 1.82) is 0 Å². The average molecular weight is 532 g/mol. The van der Waals surface area contributed by atoms with E-state index in [0.29, 0.717) is 48.9 Å². The first-order valence-corrected chi connectivity index (χ1v) is 12.7. The zero-order valence-corrected chi connectivity index (χ0v) is 22.4. The number of pyridine rings is 1. The Labute approximate surface area is 227 Å². The van der Waals surface area contributed by atoms with Crippen LogP contribution in [0.3, 0.4) is 0 Å². The van der Waals surface area contributed by atoms with Crippen LogP contribution in [0.4, 0.5) is 0 Å². The zero-order valence-electron chi connectivity index (χ0n) is 21.7. The van der Waals surface area contributed by atoms with E-state index in [1.165, 1.54) is 0 Å². The number of ether oxygens (including phenoxy) is 3. The van der Waals surface area contributed by atoms with Crippen LogP contribution < -0.4 is 14.2 Å². The van der Waals surface area contributed by atoms with Crippen LogP contribution in [0.25, 0.3) is 11.3 Å². The number of nitrogens with zero attached hydrogens (tertiary/aromatic N) is 1. The smallest absolute Gasteiger partial charge is 0.337 e. The Bertz CT molecular complexity index is 1400.